The van der Waals surface area contributed by atoms with E-state index in [4.69, 9.17) is 16.3 Å². The summed E-state index contributed by atoms with van der Waals surface area (Å²) < 4.78 is 5.60. The number of hydrogen-bond acceptors (Lipinski definition) is 3. The third-order valence-electron chi connectivity index (χ3n) is 3.80. The van der Waals surface area contributed by atoms with Gasteiger partial charge in [-0.2, -0.15) is 0 Å². The van der Waals surface area contributed by atoms with E-state index in [-0.39, 0.29) is 17.9 Å². The molecule has 5 nitrogen and oxygen atoms in total. The SMILES string of the molecule is CC(=O)Nc1ccc(C(=O)NC2CCOc3c(Cl)cccc32)cc1. The van der Waals surface area contributed by atoms with E-state index in [1.807, 2.05) is 12.1 Å². The van der Waals surface area contributed by atoms with Crippen molar-refractivity contribution < 1.29 is 14.3 Å². The van der Waals surface area contributed by atoms with Gasteiger partial charge in [-0.3, -0.25) is 9.59 Å². The first kappa shape index (κ1) is 16.3. The van der Waals surface area contributed by atoms with Gasteiger partial charge in [0.05, 0.1) is 17.7 Å². The van der Waals surface area contributed by atoms with Gasteiger partial charge in [-0.05, 0) is 30.3 Å². The van der Waals surface area contributed by atoms with Gasteiger partial charge in [0.25, 0.3) is 5.91 Å². The molecule has 0 aliphatic carbocycles. The number of halogens is 1. The minimum Gasteiger partial charge on any atom is -0.492 e. The summed E-state index contributed by atoms with van der Waals surface area (Å²) in [6, 6.07) is 12.1. The molecule has 2 amide bonds. The molecule has 3 rings (SSSR count). The second-order valence-corrected chi connectivity index (χ2v) is 5.99. The van der Waals surface area contributed by atoms with Crippen LogP contribution in [0.3, 0.4) is 0 Å². The van der Waals surface area contributed by atoms with Gasteiger partial charge in [-0.25, -0.2) is 0 Å². The molecule has 0 radical (unpaired) electrons. The average Bonchev–Trinajstić information content (AvgIpc) is 2.56. The van der Waals surface area contributed by atoms with Crippen LogP contribution in [0.1, 0.15) is 35.3 Å². The van der Waals surface area contributed by atoms with Crippen LogP contribution in [0.4, 0.5) is 5.69 Å². The lowest BCUT2D eigenvalue weighted by Gasteiger charge is -2.27. The minimum absolute atomic E-state index is 0.144. The maximum atomic E-state index is 12.5. The minimum atomic E-state index is -0.179. The molecule has 0 saturated heterocycles. The molecule has 2 aromatic carbocycles. The van der Waals surface area contributed by atoms with Crippen LogP contribution in [-0.2, 0) is 4.79 Å². The van der Waals surface area contributed by atoms with Crippen LogP contribution in [0, 0.1) is 0 Å². The highest BCUT2D eigenvalue weighted by molar-refractivity contribution is 6.32. The van der Waals surface area contributed by atoms with Crippen molar-refractivity contribution in [2.75, 3.05) is 11.9 Å². The molecule has 124 valence electrons. The summed E-state index contributed by atoms with van der Waals surface area (Å²) >= 11 is 6.15. The van der Waals surface area contributed by atoms with Gasteiger partial charge in [0.2, 0.25) is 5.91 Å². The lowest BCUT2D eigenvalue weighted by atomic mass is 10.00. The number of hydrogen-bond donors (Lipinski definition) is 2. The summed E-state index contributed by atoms with van der Waals surface area (Å²) in [4.78, 5) is 23.5. The number of carbonyl (C=O) groups is 2. The largest absolute Gasteiger partial charge is 0.492 e. The smallest absolute Gasteiger partial charge is 0.251 e. The van der Waals surface area contributed by atoms with Gasteiger partial charge < -0.3 is 15.4 Å². The second kappa shape index (κ2) is 6.93. The zero-order valence-electron chi connectivity index (χ0n) is 13.1. The van der Waals surface area contributed by atoms with Crippen molar-refractivity contribution in [2.45, 2.75) is 19.4 Å². The summed E-state index contributed by atoms with van der Waals surface area (Å²) in [5.74, 6) is 0.307. The molecule has 1 aliphatic rings. The Morgan fingerprint density at radius 3 is 2.62 bits per heavy atom. The Kier molecular flexibility index (Phi) is 4.71. The fourth-order valence-electron chi connectivity index (χ4n) is 2.69. The number of para-hydroxylation sites is 1. The first-order chi connectivity index (χ1) is 11.5. The predicted octanol–water partition coefficient (Wildman–Crippen LogP) is 3.55. The van der Waals surface area contributed by atoms with Crippen LogP contribution in [0.2, 0.25) is 5.02 Å². The molecule has 1 atom stereocenters. The van der Waals surface area contributed by atoms with Crippen molar-refractivity contribution in [3.63, 3.8) is 0 Å². The molecule has 0 spiro atoms. The van der Waals surface area contributed by atoms with Crippen LogP contribution in [0.25, 0.3) is 0 Å². The highest BCUT2D eigenvalue weighted by Crippen LogP contribution is 2.37. The summed E-state index contributed by atoms with van der Waals surface area (Å²) in [7, 11) is 0. The van der Waals surface area contributed by atoms with E-state index >= 15 is 0 Å². The van der Waals surface area contributed by atoms with E-state index in [2.05, 4.69) is 10.6 Å². The average molecular weight is 345 g/mol. The zero-order chi connectivity index (χ0) is 17.1. The van der Waals surface area contributed by atoms with Gasteiger partial charge in [-0.1, -0.05) is 23.7 Å². The summed E-state index contributed by atoms with van der Waals surface area (Å²) in [6.07, 6.45) is 0.684. The predicted molar refractivity (Wildman–Crippen MR) is 92.5 cm³/mol. The number of ether oxygens (including phenoxy) is 1. The standard InChI is InChI=1S/C18H17ClN2O3/c1-11(22)20-13-7-5-12(6-8-13)18(23)21-16-9-10-24-17-14(16)3-2-4-15(17)19/h2-8,16H,9-10H2,1H3,(H,20,22)(H,21,23). The first-order valence-corrected chi connectivity index (χ1v) is 8.02. The Morgan fingerprint density at radius 2 is 1.92 bits per heavy atom. The van der Waals surface area contributed by atoms with E-state index in [9.17, 15) is 9.59 Å². The number of amides is 2. The molecule has 24 heavy (non-hydrogen) atoms. The van der Waals surface area contributed by atoms with Crippen molar-refractivity contribution in [2.24, 2.45) is 0 Å². The van der Waals surface area contributed by atoms with Gasteiger partial charge in [0, 0.05) is 30.2 Å². The van der Waals surface area contributed by atoms with E-state index in [0.717, 1.165) is 5.56 Å². The van der Waals surface area contributed by atoms with Crippen molar-refractivity contribution >= 4 is 29.1 Å². The number of benzene rings is 2. The van der Waals surface area contributed by atoms with Crippen LogP contribution in [0.5, 0.6) is 5.75 Å². The van der Waals surface area contributed by atoms with Gasteiger partial charge in [0.1, 0.15) is 5.75 Å². The Hall–Kier alpha value is -2.53. The monoisotopic (exact) mass is 344 g/mol. The maximum Gasteiger partial charge on any atom is 0.251 e. The summed E-state index contributed by atoms with van der Waals surface area (Å²) in [6.45, 7) is 1.94. The molecule has 0 bridgehead atoms. The Labute approximate surface area is 145 Å². The van der Waals surface area contributed by atoms with Crippen LogP contribution in [0.15, 0.2) is 42.5 Å². The highest BCUT2D eigenvalue weighted by Gasteiger charge is 2.25. The van der Waals surface area contributed by atoms with Crippen LogP contribution in [-0.4, -0.2) is 18.4 Å². The first-order valence-electron chi connectivity index (χ1n) is 7.64. The lowest BCUT2D eigenvalue weighted by Crippen LogP contribution is -2.32. The van der Waals surface area contributed by atoms with E-state index in [0.29, 0.717) is 35.1 Å². The summed E-state index contributed by atoms with van der Waals surface area (Å²) in [5, 5.41) is 6.23. The molecule has 1 heterocycles. The molecule has 0 saturated carbocycles. The van der Waals surface area contributed by atoms with Crippen molar-refractivity contribution in [1.29, 1.82) is 0 Å². The number of anilines is 1. The van der Waals surface area contributed by atoms with Gasteiger partial charge in [0.15, 0.2) is 0 Å². The third kappa shape index (κ3) is 3.51. The maximum absolute atomic E-state index is 12.5. The number of carbonyl (C=O) groups excluding carboxylic acids is 2. The second-order valence-electron chi connectivity index (χ2n) is 5.58. The normalized spacial score (nSPS) is 15.8. The molecule has 1 unspecified atom stereocenters. The number of rotatable bonds is 3. The fraction of sp³-hybridized carbons (Fsp3) is 0.222. The molecule has 1 aliphatic heterocycles. The number of fused-ring (bicyclic) bond motifs is 1. The Morgan fingerprint density at radius 1 is 1.17 bits per heavy atom. The van der Waals surface area contributed by atoms with Crippen molar-refractivity contribution in [3.05, 3.63) is 58.6 Å². The molecule has 0 aromatic heterocycles. The van der Waals surface area contributed by atoms with Crippen molar-refractivity contribution in [3.8, 4) is 5.75 Å². The summed E-state index contributed by atoms with van der Waals surface area (Å²) in [5.41, 5.74) is 2.07. The molecule has 2 N–H and O–H groups in total. The van der Waals surface area contributed by atoms with Gasteiger partial charge in [-0.15, -0.1) is 0 Å². The van der Waals surface area contributed by atoms with Crippen molar-refractivity contribution in [1.82, 2.24) is 5.32 Å². The lowest BCUT2D eigenvalue weighted by molar-refractivity contribution is -0.114. The molecule has 2 aromatic rings. The van der Waals surface area contributed by atoms with Crippen LogP contribution >= 0.6 is 11.6 Å². The van der Waals surface area contributed by atoms with Crippen LogP contribution < -0.4 is 15.4 Å². The molecular formula is C18H17ClN2O3. The third-order valence-corrected chi connectivity index (χ3v) is 4.10. The molecule has 6 heteroatoms. The van der Waals surface area contributed by atoms with E-state index in [1.54, 1.807) is 30.3 Å². The number of nitrogens with one attached hydrogen (secondary N) is 2. The molecule has 0 fully saturated rings. The molecular weight excluding hydrogens is 328 g/mol. The fourth-order valence-corrected chi connectivity index (χ4v) is 2.92. The quantitative estimate of drug-likeness (QED) is 0.894. The van der Waals surface area contributed by atoms with Gasteiger partial charge >= 0.3 is 0 Å². The highest BCUT2D eigenvalue weighted by atomic mass is 35.5. The Bertz CT molecular complexity index is 774. The zero-order valence-corrected chi connectivity index (χ0v) is 13.9. The van der Waals surface area contributed by atoms with E-state index in [1.165, 1.54) is 6.92 Å². The topological polar surface area (TPSA) is 67.4 Å². The Balaban J connectivity index is 1.74. The van der Waals surface area contributed by atoms with E-state index < -0.39 is 0 Å².